The van der Waals surface area contributed by atoms with E-state index in [1.807, 2.05) is 31.2 Å². The Balaban J connectivity index is 2.53. The maximum atomic E-state index is 10.3. The highest BCUT2D eigenvalue weighted by Gasteiger charge is 2.03. The van der Waals surface area contributed by atoms with Gasteiger partial charge >= 0.3 is 0 Å². The average molecular weight is 221 g/mol. The van der Waals surface area contributed by atoms with E-state index in [-0.39, 0.29) is 6.42 Å². The van der Waals surface area contributed by atoms with Crippen molar-refractivity contribution in [3.63, 3.8) is 0 Å². The van der Waals surface area contributed by atoms with Gasteiger partial charge in [0, 0.05) is 30.4 Å². The number of carbonyl (C=O) groups excluding carboxylic acids is 1. The smallest absolute Gasteiger partial charge is 0.0415 e. The number of carboxylic acids is 1. The molecule has 0 atom stereocenters. The van der Waals surface area contributed by atoms with Crippen molar-refractivity contribution >= 4 is 17.3 Å². The number of aliphatic carboxylic acids is 1. The normalized spacial score (nSPS) is 10.1. The van der Waals surface area contributed by atoms with E-state index in [2.05, 4.69) is 4.90 Å². The zero-order valence-electron chi connectivity index (χ0n) is 9.48. The van der Waals surface area contributed by atoms with Crippen LogP contribution in [0.4, 0.5) is 11.4 Å². The lowest BCUT2D eigenvalue weighted by Gasteiger charge is -2.23. The van der Waals surface area contributed by atoms with Gasteiger partial charge in [0.25, 0.3) is 0 Å². The summed E-state index contributed by atoms with van der Waals surface area (Å²) in [5.41, 5.74) is 7.40. The molecule has 0 heterocycles. The van der Waals surface area contributed by atoms with Gasteiger partial charge in [-0.15, -0.1) is 0 Å². The molecule has 0 spiro atoms. The third-order valence-corrected chi connectivity index (χ3v) is 2.45. The quantitative estimate of drug-likeness (QED) is 0.715. The number of hydrogen-bond acceptors (Lipinski definition) is 4. The Labute approximate surface area is 95.7 Å². The van der Waals surface area contributed by atoms with Crippen LogP contribution < -0.4 is 15.7 Å². The van der Waals surface area contributed by atoms with Crippen molar-refractivity contribution in [2.45, 2.75) is 19.8 Å². The summed E-state index contributed by atoms with van der Waals surface area (Å²) < 4.78 is 0. The summed E-state index contributed by atoms with van der Waals surface area (Å²) >= 11 is 0. The number of nitrogen functional groups attached to an aromatic ring is 1. The van der Waals surface area contributed by atoms with Gasteiger partial charge in [0.1, 0.15) is 0 Å². The largest absolute Gasteiger partial charge is 0.550 e. The maximum Gasteiger partial charge on any atom is 0.0415 e. The Hall–Kier alpha value is -1.71. The molecule has 0 aliphatic rings. The number of nitrogens with zero attached hydrogens (tertiary/aromatic N) is 1. The van der Waals surface area contributed by atoms with Crippen molar-refractivity contribution in [3.8, 4) is 0 Å². The molecule has 0 unspecified atom stereocenters. The van der Waals surface area contributed by atoms with Gasteiger partial charge in [0.2, 0.25) is 0 Å². The highest BCUT2D eigenvalue weighted by Crippen LogP contribution is 2.16. The fourth-order valence-electron chi connectivity index (χ4n) is 1.57. The van der Waals surface area contributed by atoms with Gasteiger partial charge in [-0.3, -0.25) is 0 Å². The summed E-state index contributed by atoms with van der Waals surface area (Å²) in [6, 6.07) is 7.57. The number of carboxylic acid groups (broad SMARTS) is 1. The molecule has 1 aromatic rings. The predicted molar refractivity (Wildman–Crippen MR) is 63.0 cm³/mol. The highest BCUT2D eigenvalue weighted by atomic mass is 16.4. The SMILES string of the molecule is CCN(CCCC(=O)[O-])c1ccc(N)cc1. The van der Waals surface area contributed by atoms with Gasteiger partial charge in [-0.1, -0.05) is 0 Å². The van der Waals surface area contributed by atoms with E-state index >= 15 is 0 Å². The number of benzene rings is 1. The van der Waals surface area contributed by atoms with E-state index in [4.69, 9.17) is 5.73 Å². The molecule has 0 radical (unpaired) electrons. The second-order valence-electron chi connectivity index (χ2n) is 3.65. The van der Waals surface area contributed by atoms with E-state index in [1.54, 1.807) is 0 Å². The molecular formula is C12H17N2O2-. The van der Waals surface area contributed by atoms with Gasteiger partial charge in [0.15, 0.2) is 0 Å². The summed E-state index contributed by atoms with van der Waals surface area (Å²) in [5.74, 6) is -0.992. The number of hydrogen-bond donors (Lipinski definition) is 1. The Morgan fingerprint density at radius 1 is 1.38 bits per heavy atom. The minimum atomic E-state index is -0.992. The first-order valence-corrected chi connectivity index (χ1v) is 5.44. The summed E-state index contributed by atoms with van der Waals surface area (Å²) in [6.07, 6.45) is 0.700. The lowest BCUT2D eigenvalue weighted by Crippen LogP contribution is -2.27. The average Bonchev–Trinajstić information content (AvgIpc) is 2.26. The van der Waals surface area contributed by atoms with Crippen molar-refractivity contribution in [3.05, 3.63) is 24.3 Å². The minimum absolute atomic E-state index is 0.103. The predicted octanol–water partition coefficient (Wildman–Crippen LogP) is 0.625. The topological polar surface area (TPSA) is 69.4 Å². The Morgan fingerprint density at radius 2 is 2.00 bits per heavy atom. The molecule has 0 amide bonds. The Morgan fingerprint density at radius 3 is 2.50 bits per heavy atom. The summed E-state index contributed by atoms with van der Waals surface area (Å²) in [5, 5.41) is 10.3. The van der Waals surface area contributed by atoms with Gasteiger partial charge in [0.05, 0.1) is 0 Å². The van der Waals surface area contributed by atoms with Crippen molar-refractivity contribution in [1.82, 2.24) is 0 Å². The van der Waals surface area contributed by atoms with E-state index in [1.165, 1.54) is 0 Å². The molecule has 0 saturated heterocycles. The summed E-state index contributed by atoms with van der Waals surface area (Å²) in [6.45, 7) is 3.60. The zero-order valence-corrected chi connectivity index (χ0v) is 9.48. The number of anilines is 2. The first kappa shape index (κ1) is 12.4. The lowest BCUT2D eigenvalue weighted by molar-refractivity contribution is -0.305. The van der Waals surface area contributed by atoms with Gasteiger partial charge < -0.3 is 20.5 Å². The molecule has 0 bridgehead atoms. The number of nitrogens with two attached hydrogens (primary N) is 1. The van der Waals surface area contributed by atoms with Crippen LogP contribution in [-0.4, -0.2) is 19.1 Å². The Bertz CT molecular complexity index is 335. The molecule has 16 heavy (non-hydrogen) atoms. The van der Waals surface area contributed by atoms with E-state index < -0.39 is 5.97 Å². The van der Waals surface area contributed by atoms with Gasteiger partial charge in [-0.25, -0.2) is 0 Å². The van der Waals surface area contributed by atoms with Crippen molar-refractivity contribution in [2.24, 2.45) is 0 Å². The van der Waals surface area contributed by atoms with Crippen molar-refractivity contribution in [1.29, 1.82) is 0 Å². The van der Waals surface area contributed by atoms with Crippen LogP contribution in [0, 0.1) is 0 Å². The molecule has 2 N–H and O–H groups in total. The first-order chi connectivity index (χ1) is 7.63. The van der Waals surface area contributed by atoms with Crippen molar-refractivity contribution < 1.29 is 9.90 Å². The van der Waals surface area contributed by atoms with Crippen LogP contribution in [0.5, 0.6) is 0 Å². The van der Waals surface area contributed by atoms with Crippen LogP contribution >= 0.6 is 0 Å². The molecule has 0 fully saturated rings. The molecule has 1 rings (SSSR count). The molecule has 88 valence electrons. The maximum absolute atomic E-state index is 10.3. The fraction of sp³-hybridized carbons (Fsp3) is 0.417. The number of carbonyl (C=O) groups is 1. The monoisotopic (exact) mass is 221 g/mol. The van der Waals surface area contributed by atoms with Crippen LogP contribution in [0.15, 0.2) is 24.3 Å². The Kier molecular flexibility index (Phi) is 4.64. The van der Waals surface area contributed by atoms with Crippen LogP contribution in [0.2, 0.25) is 0 Å². The highest BCUT2D eigenvalue weighted by molar-refractivity contribution is 5.64. The van der Waals surface area contributed by atoms with E-state index in [0.29, 0.717) is 13.0 Å². The first-order valence-electron chi connectivity index (χ1n) is 5.44. The van der Waals surface area contributed by atoms with Crippen LogP contribution in [0.3, 0.4) is 0 Å². The second-order valence-corrected chi connectivity index (χ2v) is 3.65. The molecule has 0 aliphatic carbocycles. The van der Waals surface area contributed by atoms with Gasteiger partial charge in [-0.2, -0.15) is 0 Å². The molecule has 4 nitrogen and oxygen atoms in total. The number of rotatable bonds is 6. The van der Waals surface area contributed by atoms with E-state index in [9.17, 15) is 9.90 Å². The molecule has 4 heteroatoms. The van der Waals surface area contributed by atoms with Crippen LogP contribution in [-0.2, 0) is 4.79 Å². The summed E-state index contributed by atoms with van der Waals surface area (Å²) in [4.78, 5) is 12.4. The van der Waals surface area contributed by atoms with Crippen LogP contribution in [0.1, 0.15) is 19.8 Å². The fourth-order valence-corrected chi connectivity index (χ4v) is 1.57. The third-order valence-electron chi connectivity index (χ3n) is 2.45. The standard InChI is InChI=1S/C12H18N2O2/c1-2-14(9-3-4-12(15)16)11-7-5-10(13)6-8-11/h5-8H,2-4,9,13H2,1H3,(H,15,16)/p-1. The lowest BCUT2D eigenvalue weighted by atomic mass is 10.2. The summed E-state index contributed by atoms with van der Waals surface area (Å²) in [7, 11) is 0. The van der Waals surface area contributed by atoms with E-state index in [0.717, 1.165) is 17.9 Å². The van der Waals surface area contributed by atoms with Gasteiger partial charge in [-0.05, 0) is 44.0 Å². The molecule has 0 saturated carbocycles. The molecule has 0 aliphatic heterocycles. The third kappa shape index (κ3) is 3.81. The molecule has 1 aromatic carbocycles. The second kappa shape index (κ2) is 6.00. The molecule has 0 aromatic heterocycles. The van der Waals surface area contributed by atoms with Crippen LogP contribution in [0.25, 0.3) is 0 Å². The molecular weight excluding hydrogens is 204 g/mol. The zero-order chi connectivity index (χ0) is 12.0. The van der Waals surface area contributed by atoms with Crippen molar-refractivity contribution in [2.75, 3.05) is 23.7 Å². The minimum Gasteiger partial charge on any atom is -0.550 e.